The molecule has 0 amide bonds. The van der Waals surface area contributed by atoms with Crippen LogP contribution >= 0.6 is 0 Å². The van der Waals surface area contributed by atoms with Crippen LogP contribution < -0.4 is 4.90 Å². The smallest absolute Gasteiger partial charge is 0.279 e. The first kappa shape index (κ1) is 22.5. The number of anilines is 1. The van der Waals surface area contributed by atoms with Gasteiger partial charge in [-0.1, -0.05) is 0 Å². The molecule has 0 spiro atoms. The Morgan fingerprint density at radius 3 is 2.75 bits per heavy atom. The molecule has 0 saturated carbocycles. The predicted octanol–water partition coefficient (Wildman–Crippen LogP) is 2.84. The zero-order valence-corrected chi connectivity index (χ0v) is 17.9. The fourth-order valence-corrected chi connectivity index (χ4v) is 4.29. The SMILES string of the molecule is N=C(/C=C\c1ncc(-c2cc(N3CCC(CCN4CCC(O)C4)CC3)ncn2)[nH]1)C(F)F. The molecule has 0 bridgehead atoms. The number of aromatic nitrogens is 4. The molecule has 8 nitrogen and oxygen atoms in total. The van der Waals surface area contributed by atoms with Gasteiger partial charge in [-0.3, -0.25) is 5.41 Å². The maximum atomic E-state index is 12.4. The van der Waals surface area contributed by atoms with Crippen LogP contribution in [0.3, 0.4) is 0 Å². The zero-order valence-electron chi connectivity index (χ0n) is 17.9. The predicted molar refractivity (Wildman–Crippen MR) is 119 cm³/mol. The van der Waals surface area contributed by atoms with Crippen molar-refractivity contribution in [3.8, 4) is 11.4 Å². The summed E-state index contributed by atoms with van der Waals surface area (Å²) in [6.07, 6.45) is 6.85. The Bertz CT molecular complexity index is 940. The highest BCUT2D eigenvalue weighted by molar-refractivity contribution is 5.97. The van der Waals surface area contributed by atoms with E-state index >= 15 is 0 Å². The van der Waals surface area contributed by atoms with E-state index in [9.17, 15) is 13.9 Å². The van der Waals surface area contributed by atoms with E-state index < -0.39 is 12.1 Å². The third kappa shape index (κ3) is 5.74. The van der Waals surface area contributed by atoms with Crippen LogP contribution in [-0.2, 0) is 0 Å². The molecule has 10 heteroatoms. The number of aliphatic hydroxyl groups is 1. The maximum Gasteiger partial charge on any atom is 0.279 e. The number of nitrogens with one attached hydrogen (secondary N) is 2. The highest BCUT2D eigenvalue weighted by atomic mass is 19.3. The number of nitrogens with zero attached hydrogens (tertiary/aromatic N) is 5. The first-order valence-corrected chi connectivity index (χ1v) is 11.1. The first-order chi connectivity index (χ1) is 15.5. The topological polar surface area (TPSA) is 105 Å². The first-order valence-electron chi connectivity index (χ1n) is 11.1. The molecule has 2 aromatic rings. The molecule has 3 N–H and O–H groups in total. The number of aromatic amines is 1. The van der Waals surface area contributed by atoms with Crippen LogP contribution in [0.15, 0.2) is 24.7 Å². The molecule has 172 valence electrons. The van der Waals surface area contributed by atoms with E-state index in [4.69, 9.17) is 5.41 Å². The molecule has 0 radical (unpaired) electrons. The van der Waals surface area contributed by atoms with Gasteiger partial charge >= 0.3 is 0 Å². The molecule has 0 aromatic carbocycles. The van der Waals surface area contributed by atoms with Crippen LogP contribution in [0, 0.1) is 11.3 Å². The maximum absolute atomic E-state index is 12.4. The van der Waals surface area contributed by atoms with Gasteiger partial charge in [-0.2, -0.15) is 0 Å². The van der Waals surface area contributed by atoms with Crippen molar-refractivity contribution in [1.82, 2.24) is 24.8 Å². The Morgan fingerprint density at radius 2 is 2.03 bits per heavy atom. The Labute approximate surface area is 185 Å². The summed E-state index contributed by atoms with van der Waals surface area (Å²) < 4.78 is 24.9. The summed E-state index contributed by atoms with van der Waals surface area (Å²) >= 11 is 0. The molecule has 1 unspecified atom stereocenters. The number of alkyl halides is 2. The van der Waals surface area contributed by atoms with Crippen LogP contribution in [-0.4, -0.2) is 80.9 Å². The molecule has 2 fully saturated rings. The molecule has 2 saturated heterocycles. The second-order valence-corrected chi connectivity index (χ2v) is 8.50. The van der Waals surface area contributed by atoms with Crippen molar-refractivity contribution in [3.05, 3.63) is 30.5 Å². The molecular weight excluding hydrogens is 416 g/mol. The molecule has 2 aliphatic rings. The van der Waals surface area contributed by atoms with Gasteiger partial charge in [-0.05, 0) is 50.3 Å². The summed E-state index contributed by atoms with van der Waals surface area (Å²) in [5.41, 5.74) is 0.592. The fourth-order valence-electron chi connectivity index (χ4n) is 4.29. The Morgan fingerprint density at radius 1 is 1.22 bits per heavy atom. The average Bonchev–Trinajstić information content (AvgIpc) is 3.45. The van der Waals surface area contributed by atoms with Gasteiger partial charge in [0.15, 0.2) is 0 Å². The summed E-state index contributed by atoms with van der Waals surface area (Å²) in [5, 5.41) is 16.8. The summed E-state index contributed by atoms with van der Waals surface area (Å²) in [6.45, 7) is 4.76. The van der Waals surface area contributed by atoms with Crippen LogP contribution in [0.4, 0.5) is 14.6 Å². The summed E-state index contributed by atoms with van der Waals surface area (Å²) in [6, 6.07) is 1.91. The number of halogens is 2. The van der Waals surface area contributed by atoms with E-state index in [0.29, 0.717) is 23.1 Å². The van der Waals surface area contributed by atoms with E-state index in [0.717, 1.165) is 63.9 Å². The van der Waals surface area contributed by atoms with E-state index in [1.54, 1.807) is 6.20 Å². The van der Waals surface area contributed by atoms with Crippen molar-refractivity contribution >= 4 is 17.6 Å². The van der Waals surface area contributed by atoms with Crippen LogP contribution in [0.25, 0.3) is 17.5 Å². The lowest BCUT2D eigenvalue weighted by molar-refractivity contribution is 0.172. The minimum Gasteiger partial charge on any atom is -0.392 e. The number of piperidine rings is 1. The number of likely N-dealkylation sites (tertiary alicyclic amines) is 1. The number of imidazole rings is 1. The van der Waals surface area contributed by atoms with E-state index in [1.807, 2.05) is 6.07 Å². The third-order valence-electron chi connectivity index (χ3n) is 6.22. The third-order valence-corrected chi connectivity index (χ3v) is 6.22. The Kier molecular flexibility index (Phi) is 7.21. The van der Waals surface area contributed by atoms with Crippen molar-refractivity contribution in [1.29, 1.82) is 5.41 Å². The molecule has 2 aromatic heterocycles. The van der Waals surface area contributed by atoms with Gasteiger partial charge in [-0.25, -0.2) is 23.7 Å². The normalized spacial score (nSPS) is 20.6. The monoisotopic (exact) mass is 445 g/mol. The average molecular weight is 446 g/mol. The number of hydrogen-bond acceptors (Lipinski definition) is 7. The highest BCUT2D eigenvalue weighted by Gasteiger charge is 2.24. The number of rotatable bonds is 8. The summed E-state index contributed by atoms with van der Waals surface area (Å²) in [5.74, 6) is 1.94. The second-order valence-electron chi connectivity index (χ2n) is 8.50. The van der Waals surface area contributed by atoms with Crippen molar-refractivity contribution in [2.45, 2.75) is 38.2 Å². The Balaban J connectivity index is 1.31. The lowest BCUT2D eigenvalue weighted by atomic mass is 9.93. The molecule has 0 aliphatic carbocycles. The zero-order chi connectivity index (χ0) is 22.5. The van der Waals surface area contributed by atoms with Gasteiger partial charge in [0.05, 0.1) is 29.4 Å². The molecular formula is C22H29F2N7O. The largest absolute Gasteiger partial charge is 0.392 e. The van der Waals surface area contributed by atoms with E-state index in [-0.39, 0.29) is 6.10 Å². The second kappa shape index (κ2) is 10.3. The number of allylic oxidation sites excluding steroid dienone is 1. The van der Waals surface area contributed by atoms with Gasteiger partial charge in [0, 0.05) is 32.2 Å². The van der Waals surface area contributed by atoms with Crippen LogP contribution in [0.2, 0.25) is 0 Å². The lowest BCUT2D eigenvalue weighted by Crippen LogP contribution is -2.35. The van der Waals surface area contributed by atoms with E-state index in [2.05, 4.69) is 29.7 Å². The minimum absolute atomic E-state index is 0.156. The van der Waals surface area contributed by atoms with Gasteiger partial charge in [0.25, 0.3) is 6.43 Å². The number of H-pyrrole nitrogens is 1. The van der Waals surface area contributed by atoms with Gasteiger partial charge in [0.1, 0.15) is 18.0 Å². The van der Waals surface area contributed by atoms with E-state index in [1.165, 1.54) is 18.8 Å². The highest BCUT2D eigenvalue weighted by Crippen LogP contribution is 2.26. The summed E-state index contributed by atoms with van der Waals surface area (Å²) in [7, 11) is 0. The quantitative estimate of drug-likeness (QED) is 0.540. The standard InChI is InChI=1S/C22H29F2N7O/c23-22(24)17(25)1-2-20-26-12-19(29-20)18-11-21(28-14-27-18)31-9-4-15(5-10-31)3-7-30-8-6-16(32)13-30/h1-2,11-12,14-16,22,25,32H,3-10,13H2,(H,26,29)/b2-1-,25-17?. The lowest BCUT2D eigenvalue weighted by Gasteiger charge is -2.33. The van der Waals surface area contributed by atoms with Crippen molar-refractivity contribution in [3.63, 3.8) is 0 Å². The number of hydrogen-bond donors (Lipinski definition) is 3. The minimum atomic E-state index is -2.80. The molecule has 1 atom stereocenters. The van der Waals surface area contributed by atoms with Crippen LogP contribution in [0.5, 0.6) is 0 Å². The Hall–Kier alpha value is -2.72. The number of β-amino-alcohol motifs (C(OH)–C–C–N with tert-alkyl or cyclic N) is 1. The molecule has 4 heterocycles. The molecule has 32 heavy (non-hydrogen) atoms. The van der Waals surface area contributed by atoms with Crippen molar-refractivity contribution < 1.29 is 13.9 Å². The van der Waals surface area contributed by atoms with Crippen molar-refractivity contribution in [2.75, 3.05) is 37.6 Å². The summed E-state index contributed by atoms with van der Waals surface area (Å²) in [4.78, 5) is 20.6. The van der Waals surface area contributed by atoms with Crippen molar-refractivity contribution in [2.24, 2.45) is 5.92 Å². The van der Waals surface area contributed by atoms with Gasteiger partial charge in [0.2, 0.25) is 0 Å². The molecule has 4 rings (SSSR count). The van der Waals surface area contributed by atoms with Gasteiger partial charge < -0.3 is 19.9 Å². The fraction of sp³-hybridized carbons (Fsp3) is 0.545. The molecule has 2 aliphatic heterocycles. The van der Waals surface area contributed by atoms with Crippen LogP contribution in [0.1, 0.15) is 31.5 Å². The number of aliphatic hydroxyl groups excluding tert-OH is 1. The van der Waals surface area contributed by atoms with Gasteiger partial charge in [-0.15, -0.1) is 0 Å².